The van der Waals surface area contributed by atoms with E-state index in [4.69, 9.17) is 10.5 Å². The first-order chi connectivity index (χ1) is 11.6. The molecule has 2 aromatic heterocycles. The fraction of sp³-hybridized carbons (Fsp3) is 0. The number of nitrogen functional groups attached to an aromatic ring is 1. The quantitative estimate of drug-likeness (QED) is 0.580. The monoisotopic (exact) mass is 326 g/mol. The number of nitrogens with zero attached hydrogens (tertiary/aromatic N) is 3. The van der Waals surface area contributed by atoms with Crippen molar-refractivity contribution in [1.29, 1.82) is 0 Å². The van der Waals surface area contributed by atoms with Crippen LogP contribution in [0.4, 0.5) is 15.9 Å². The third-order valence-electron chi connectivity index (χ3n) is 3.21. The lowest BCUT2D eigenvalue weighted by Crippen LogP contribution is -1.99. The largest absolute Gasteiger partial charge is 0.453 e. The van der Waals surface area contributed by atoms with Gasteiger partial charge in [0.2, 0.25) is 0 Å². The molecule has 0 radical (unpaired) electrons. The van der Waals surface area contributed by atoms with Gasteiger partial charge in [0.15, 0.2) is 11.6 Å². The second-order valence-corrected chi connectivity index (χ2v) is 4.76. The molecule has 0 saturated heterocycles. The number of aromatic nitrogens is 2. The van der Waals surface area contributed by atoms with Crippen LogP contribution in [-0.2, 0) is 0 Å². The Morgan fingerprint density at radius 3 is 2.58 bits per heavy atom. The highest BCUT2D eigenvalue weighted by Crippen LogP contribution is 2.36. The van der Waals surface area contributed by atoms with E-state index < -0.39 is 10.7 Å². The van der Waals surface area contributed by atoms with Gasteiger partial charge in [0.05, 0.1) is 22.2 Å². The molecule has 0 spiro atoms. The van der Waals surface area contributed by atoms with Gasteiger partial charge in [-0.1, -0.05) is 6.07 Å². The Labute approximate surface area is 135 Å². The molecule has 2 N–H and O–H groups in total. The predicted molar refractivity (Wildman–Crippen MR) is 85.0 cm³/mol. The second-order valence-electron chi connectivity index (χ2n) is 4.76. The van der Waals surface area contributed by atoms with Crippen LogP contribution in [0.2, 0.25) is 0 Å². The van der Waals surface area contributed by atoms with Crippen molar-refractivity contribution in [3.63, 3.8) is 0 Å². The van der Waals surface area contributed by atoms with Gasteiger partial charge in [-0.25, -0.2) is 9.37 Å². The number of rotatable bonds is 4. The minimum atomic E-state index is -0.855. The molecular formula is C16H11FN4O3. The number of ether oxygens (including phenoxy) is 1. The molecule has 0 aliphatic carbocycles. The van der Waals surface area contributed by atoms with E-state index in [1.165, 1.54) is 18.3 Å². The Morgan fingerprint density at radius 1 is 1.08 bits per heavy atom. The number of nitro groups is 1. The molecule has 0 saturated carbocycles. The van der Waals surface area contributed by atoms with E-state index in [9.17, 15) is 14.5 Å². The van der Waals surface area contributed by atoms with Crippen LogP contribution >= 0.6 is 0 Å². The van der Waals surface area contributed by atoms with Gasteiger partial charge >= 0.3 is 0 Å². The summed E-state index contributed by atoms with van der Waals surface area (Å²) in [7, 11) is 0. The summed E-state index contributed by atoms with van der Waals surface area (Å²) in [5, 5.41) is 10.7. The van der Waals surface area contributed by atoms with Gasteiger partial charge in [0, 0.05) is 18.5 Å². The Hall–Kier alpha value is -3.55. The third-order valence-corrected chi connectivity index (χ3v) is 3.21. The number of hydrogen-bond donors (Lipinski definition) is 1. The second kappa shape index (κ2) is 6.29. The van der Waals surface area contributed by atoms with Crippen LogP contribution in [0.1, 0.15) is 0 Å². The van der Waals surface area contributed by atoms with E-state index >= 15 is 0 Å². The molecular weight excluding hydrogens is 315 g/mol. The maximum atomic E-state index is 14.0. The van der Waals surface area contributed by atoms with Crippen LogP contribution in [-0.4, -0.2) is 14.9 Å². The minimum Gasteiger partial charge on any atom is -0.453 e. The summed E-state index contributed by atoms with van der Waals surface area (Å²) in [4.78, 5) is 18.2. The van der Waals surface area contributed by atoms with Gasteiger partial charge in [0.25, 0.3) is 5.69 Å². The Kier molecular flexibility index (Phi) is 4.02. The summed E-state index contributed by atoms with van der Waals surface area (Å²) in [6.45, 7) is 0. The van der Waals surface area contributed by atoms with Crippen molar-refractivity contribution in [2.75, 3.05) is 5.73 Å². The molecule has 8 heteroatoms. The number of nitrogens with two attached hydrogens (primary N) is 1. The molecule has 1 aromatic carbocycles. The highest BCUT2D eigenvalue weighted by molar-refractivity contribution is 5.77. The van der Waals surface area contributed by atoms with Gasteiger partial charge in [-0.15, -0.1) is 0 Å². The molecule has 7 nitrogen and oxygen atoms in total. The molecule has 0 unspecified atom stereocenters. The summed E-state index contributed by atoms with van der Waals surface area (Å²) in [6.07, 6.45) is 3.00. The third kappa shape index (κ3) is 2.98. The number of pyridine rings is 2. The Balaban J connectivity index is 2.03. The highest BCUT2D eigenvalue weighted by Gasteiger charge is 2.17. The predicted octanol–water partition coefficient (Wildman–Crippen LogP) is 3.57. The molecule has 0 bridgehead atoms. The van der Waals surface area contributed by atoms with Crippen LogP contribution in [0.15, 0.2) is 54.9 Å². The molecule has 3 rings (SSSR count). The van der Waals surface area contributed by atoms with E-state index in [1.807, 2.05) is 0 Å². The molecule has 24 heavy (non-hydrogen) atoms. The lowest BCUT2D eigenvalue weighted by atomic mass is 10.1. The van der Waals surface area contributed by atoms with Crippen molar-refractivity contribution in [3.8, 4) is 22.8 Å². The zero-order valence-electron chi connectivity index (χ0n) is 12.2. The fourth-order valence-electron chi connectivity index (χ4n) is 2.12. The molecule has 120 valence electrons. The molecule has 2 heterocycles. The SMILES string of the molecule is Nc1nccc(Oc2ccc([N+](=O)[O-])cc2F)c1-c1ccccn1. The maximum absolute atomic E-state index is 14.0. The van der Waals surface area contributed by atoms with Crippen LogP contribution < -0.4 is 10.5 Å². The Bertz CT molecular complexity index is 903. The lowest BCUT2D eigenvalue weighted by molar-refractivity contribution is -0.385. The summed E-state index contributed by atoms with van der Waals surface area (Å²) < 4.78 is 19.6. The number of non-ortho nitro benzene ring substituents is 1. The summed E-state index contributed by atoms with van der Waals surface area (Å²) >= 11 is 0. The standard InChI is InChI=1S/C16H11FN4O3/c17-11-9-10(21(22)23)4-5-13(11)24-14-6-8-20-16(18)15(14)12-3-1-2-7-19-12/h1-9H,(H2,18,20). The van der Waals surface area contributed by atoms with Gasteiger partial charge < -0.3 is 10.5 Å². The van der Waals surface area contributed by atoms with E-state index in [-0.39, 0.29) is 23.0 Å². The molecule has 0 fully saturated rings. The van der Waals surface area contributed by atoms with Crippen molar-refractivity contribution in [2.45, 2.75) is 0 Å². The molecule has 0 aliphatic rings. The maximum Gasteiger partial charge on any atom is 0.272 e. The number of anilines is 1. The Morgan fingerprint density at radius 2 is 1.92 bits per heavy atom. The minimum absolute atomic E-state index is 0.164. The lowest BCUT2D eigenvalue weighted by Gasteiger charge is -2.12. The van der Waals surface area contributed by atoms with Crippen LogP contribution in [0.5, 0.6) is 11.5 Å². The smallest absolute Gasteiger partial charge is 0.272 e. The van der Waals surface area contributed by atoms with E-state index in [1.54, 1.807) is 24.4 Å². The number of hydrogen-bond acceptors (Lipinski definition) is 6. The van der Waals surface area contributed by atoms with E-state index in [0.29, 0.717) is 11.3 Å². The van der Waals surface area contributed by atoms with Crippen LogP contribution in [0.25, 0.3) is 11.3 Å². The summed E-state index contributed by atoms with van der Waals surface area (Å²) in [6, 6.07) is 9.88. The van der Waals surface area contributed by atoms with Crippen molar-refractivity contribution < 1.29 is 14.1 Å². The molecule has 0 aliphatic heterocycles. The van der Waals surface area contributed by atoms with Gasteiger partial charge in [0.1, 0.15) is 11.6 Å². The summed E-state index contributed by atoms with van der Waals surface area (Å²) in [5.74, 6) is -0.600. The van der Waals surface area contributed by atoms with Crippen molar-refractivity contribution in [3.05, 3.63) is 70.8 Å². The van der Waals surface area contributed by atoms with Gasteiger partial charge in [-0.2, -0.15) is 0 Å². The van der Waals surface area contributed by atoms with Gasteiger partial charge in [-0.05, 0) is 24.3 Å². The first-order valence-corrected chi connectivity index (χ1v) is 6.84. The zero-order chi connectivity index (χ0) is 17.1. The summed E-state index contributed by atoms with van der Waals surface area (Å²) in [5.41, 5.74) is 6.46. The molecule has 0 atom stereocenters. The first kappa shape index (κ1) is 15.3. The van der Waals surface area contributed by atoms with Crippen LogP contribution in [0.3, 0.4) is 0 Å². The zero-order valence-corrected chi connectivity index (χ0v) is 12.2. The average Bonchev–Trinajstić information content (AvgIpc) is 2.57. The van der Waals surface area contributed by atoms with E-state index in [0.717, 1.165) is 12.1 Å². The fourth-order valence-corrected chi connectivity index (χ4v) is 2.12. The molecule has 0 amide bonds. The van der Waals surface area contributed by atoms with Crippen molar-refractivity contribution in [2.24, 2.45) is 0 Å². The molecule has 3 aromatic rings. The van der Waals surface area contributed by atoms with E-state index in [2.05, 4.69) is 9.97 Å². The van der Waals surface area contributed by atoms with Crippen LogP contribution in [0, 0.1) is 15.9 Å². The van der Waals surface area contributed by atoms with Gasteiger partial charge in [-0.3, -0.25) is 15.1 Å². The number of halogens is 1. The first-order valence-electron chi connectivity index (χ1n) is 6.84. The number of benzene rings is 1. The average molecular weight is 326 g/mol. The number of nitro benzene ring substituents is 1. The van der Waals surface area contributed by atoms with Crippen molar-refractivity contribution in [1.82, 2.24) is 9.97 Å². The normalized spacial score (nSPS) is 10.4. The topological polar surface area (TPSA) is 104 Å². The van der Waals surface area contributed by atoms with Crippen molar-refractivity contribution >= 4 is 11.5 Å². The highest BCUT2D eigenvalue weighted by atomic mass is 19.1.